The smallest absolute Gasteiger partial charge is 0.253 e. The maximum absolute atomic E-state index is 12.1. The molecule has 0 saturated heterocycles. The molecule has 0 aliphatic carbocycles. The van der Waals surface area contributed by atoms with E-state index >= 15 is 0 Å². The summed E-state index contributed by atoms with van der Waals surface area (Å²) in [6.07, 6.45) is 2.71. The highest BCUT2D eigenvalue weighted by molar-refractivity contribution is 5.94. The molecular formula is C14H17N3O. The number of nitrogen functional groups attached to an aromatic ring is 1. The molecule has 0 fully saturated rings. The van der Waals surface area contributed by atoms with Crippen molar-refractivity contribution in [3.63, 3.8) is 0 Å². The van der Waals surface area contributed by atoms with Crippen molar-refractivity contribution in [3.8, 4) is 0 Å². The number of benzene rings is 1. The third-order valence-corrected chi connectivity index (χ3v) is 2.88. The number of carbonyl (C=O) groups is 1. The van der Waals surface area contributed by atoms with E-state index in [4.69, 9.17) is 5.73 Å². The van der Waals surface area contributed by atoms with Gasteiger partial charge in [0.2, 0.25) is 0 Å². The molecular weight excluding hydrogens is 226 g/mol. The first-order valence-electron chi connectivity index (χ1n) is 5.90. The fourth-order valence-corrected chi connectivity index (χ4v) is 1.76. The van der Waals surface area contributed by atoms with Crippen LogP contribution >= 0.6 is 0 Å². The van der Waals surface area contributed by atoms with Crippen molar-refractivity contribution in [2.24, 2.45) is 0 Å². The Bertz CT molecular complexity index is 502. The number of nitrogens with two attached hydrogens (primary N) is 1. The van der Waals surface area contributed by atoms with E-state index in [1.54, 1.807) is 29.2 Å². The lowest BCUT2D eigenvalue weighted by Gasteiger charge is -2.16. The van der Waals surface area contributed by atoms with Crippen LogP contribution in [0.15, 0.2) is 42.6 Å². The summed E-state index contributed by atoms with van der Waals surface area (Å²) in [7, 11) is 1.81. The van der Waals surface area contributed by atoms with Crippen molar-refractivity contribution in [2.75, 3.05) is 19.3 Å². The summed E-state index contributed by atoms with van der Waals surface area (Å²) in [5.74, 6) is 0.0153. The van der Waals surface area contributed by atoms with Crippen LogP contribution in [0.5, 0.6) is 0 Å². The van der Waals surface area contributed by atoms with Crippen molar-refractivity contribution < 1.29 is 4.79 Å². The minimum absolute atomic E-state index is 0.0153. The lowest BCUT2D eigenvalue weighted by molar-refractivity contribution is 0.0796. The van der Waals surface area contributed by atoms with Crippen LogP contribution in [0.2, 0.25) is 0 Å². The number of nitrogens with zero attached hydrogens (tertiary/aromatic N) is 1. The second-order valence-electron chi connectivity index (χ2n) is 4.29. The zero-order valence-corrected chi connectivity index (χ0v) is 10.4. The Morgan fingerprint density at radius 1 is 1.28 bits per heavy atom. The maximum Gasteiger partial charge on any atom is 0.253 e. The molecule has 94 valence electrons. The summed E-state index contributed by atoms with van der Waals surface area (Å²) in [4.78, 5) is 16.9. The molecule has 0 spiro atoms. The molecule has 0 radical (unpaired) electrons. The van der Waals surface area contributed by atoms with Crippen molar-refractivity contribution in [3.05, 3.63) is 53.9 Å². The summed E-state index contributed by atoms with van der Waals surface area (Å²) >= 11 is 0. The topological polar surface area (TPSA) is 62.1 Å². The van der Waals surface area contributed by atoms with E-state index in [0.717, 1.165) is 12.1 Å². The molecule has 4 nitrogen and oxygen atoms in total. The second-order valence-corrected chi connectivity index (χ2v) is 4.29. The number of anilines is 1. The predicted octanol–water partition coefficient (Wildman–Crippen LogP) is 1.91. The number of rotatable bonds is 4. The molecule has 0 bridgehead atoms. The van der Waals surface area contributed by atoms with Crippen LogP contribution in [0.1, 0.15) is 16.1 Å². The zero-order chi connectivity index (χ0) is 13.0. The van der Waals surface area contributed by atoms with E-state index in [0.29, 0.717) is 17.8 Å². The van der Waals surface area contributed by atoms with Crippen LogP contribution < -0.4 is 5.73 Å². The van der Waals surface area contributed by atoms with E-state index in [1.165, 1.54) is 0 Å². The monoisotopic (exact) mass is 243 g/mol. The van der Waals surface area contributed by atoms with Gasteiger partial charge in [-0.1, -0.05) is 0 Å². The Morgan fingerprint density at radius 2 is 2.00 bits per heavy atom. The summed E-state index contributed by atoms with van der Waals surface area (Å²) in [5, 5.41) is 0. The molecule has 0 atom stereocenters. The van der Waals surface area contributed by atoms with Crippen molar-refractivity contribution in [2.45, 2.75) is 6.42 Å². The summed E-state index contributed by atoms with van der Waals surface area (Å²) in [6.45, 7) is 0.684. The van der Waals surface area contributed by atoms with Gasteiger partial charge in [0.1, 0.15) is 0 Å². The largest absolute Gasteiger partial charge is 0.399 e. The number of carbonyl (C=O) groups excluding carboxylic acids is 1. The van der Waals surface area contributed by atoms with Gasteiger partial charge in [-0.3, -0.25) is 4.79 Å². The number of aromatic amines is 1. The van der Waals surface area contributed by atoms with Crippen molar-refractivity contribution in [1.29, 1.82) is 0 Å². The van der Waals surface area contributed by atoms with Gasteiger partial charge in [-0.15, -0.1) is 0 Å². The highest BCUT2D eigenvalue weighted by atomic mass is 16.2. The number of hydrogen-bond acceptors (Lipinski definition) is 2. The third-order valence-electron chi connectivity index (χ3n) is 2.88. The average Bonchev–Trinajstić information content (AvgIpc) is 2.89. The van der Waals surface area contributed by atoms with Gasteiger partial charge in [-0.2, -0.15) is 0 Å². The lowest BCUT2D eigenvalue weighted by Crippen LogP contribution is -2.28. The van der Waals surface area contributed by atoms with Gasteiger partial charge in [0.15, 0.2) is 0 Å². The number of amides is 1. The Labute approximate surface area is 106 Å². The van der Waals surface area contributed by atoms with Crippen LogP contribution in [0.4, 0.5) is 5.69 Å². The number of aromatic nitrogens is 1. The first-order valence-corrected chi connectivity index (χ1v) is 5.90. The van der Waals surface area contributed by atoms with Crippen molar-refractivity contribution in [1.82, 2.24) is 9.88 Å². The quantitative estimate of drug-likeness (QED) is 0.806. The van der Waals surface area contributed by atoms with Crippen LogP contribution in [0, 0.1) is 0 Å². The maximum atomic E-state index is 12.1. The fourth-order valence-electron chi connectivity index (χ4n) is 1.76. The molecule has 0 unspecified atom stereocenters. The van der Waals surface area contributed by atoms with E-state index in [1.807, 2.05) is 25.4 Å². The normalized spacial score (nSPS) is 10.3. The average molecular weight is 243 g/mol. The molecule has 0 saturated carbocycles. The number of hydrogen-bond donors (Lipinski definition) is 2. The van der Waals surface area contributed by atoms with Crippen LogP contribution in [-0.4, -0.2) is 29.4 Å². The highest BCUT2D eigenvalue weighted by Crippen LogP contribution is 2.08. The number of likely N-dealkylation sites (N-methyl/N-ethyl adjacent to an activating group) is 1. The van der Waals surface area contributed by atoms with Gasteiger partial charge in [0, 0.05) is 43.2 Å². The van der Waals surface area contributed by atoms with Gasteiger partial charge in [-0.05, 0) is 36.4 Å². The fraction of sp³-hybridized carbons (Fsp3) is 0.214. The van der Waals surface area contributed by atoms with Crippen LogP contribution in [0.3, 0.4) is 0 Å². The second kappa shape index (κ2) is 5.40. The molecule has 3 N–H and O–H groups in total. The molecule has 4 heteroatoms. The molecule has 0 aliphatic rings. The molecule has 2 aromatic rings. The van der Waals surface area contributed by atoms with E-state index in [9.17, 15) is 4.79 Å². The van der Waals surface area contributed by atoms with Gasteiger partial charge >= 0.3 is 0 Å². The highest BCUT2D eigenvalue weighted by Gasteiger charge is 2.11. The first-order chi connectivity index (χ1) is 8.66. The molecule has 1 amide bonds. The Kier molecular flexibility index (Phi) is 3.67. The van der Waals surface area contributed by atoms with E-state index in [2.05, 4.69) is 4.98 Å². The summed E-state index contributed by atoms with van der Waals surface area (Å²) < 4.78 is 0. The molecule has 1 heterocycles. The van der Waals surface area contributed by atoms with Gasteiger partial charge < -0.3 is 15.6 Å². The molecule has 1 aromatic carbocycles. The van der Waals surface area contributed by atoms with E-state index < -0.39 is 0 Å². The standard InChI is InChI=1S/C14H17N3O/c1-17(10-8-13-3-2-9-16-13)14(18)11-4-6-12(15)7-5-11/h2-7,9,16H,8,10,15H2,1H3. The lowest BCUT2D eigenvalue weighted by atomic mass is 10.2. The Morgan fingerprint density at radius 3 is 2.61 bits per heavy atom. The summed E-state index contributed by atoms with van der Waals surface area (Å²) in [5.41, 5.74) is 8.06. The van der Waals surface area contributed by atoms with Gasteiger partial charge in [0.05, 0.1) is 0 Å². The van der Waals surface area contributed by atoms with Crippen molar-refractivity contribution >= 4 is 11.6 Å². The number of nitrogens with one attached hydrogen (secondary N) is 1. The summed E-state index contributed by atoms with van der Waals surface area (Å²) in [6, 6.07) is 11.0. The predicted molar refractivity (Wildman–Crippen MR) is 72.3 cm³/mol. The SMILES string of the molecule is CN(CCc1ccc[nH]1)C(=O)c1ccc(N)cc1. The Hall–Kier alpha value is -2.23. The minimum atomic E-state index is 0.0153. The molecule has 2 rings (SSSR count). The third kappa shape index (κ3) is 2.91. The first kappa shape index (κ1) is 12.2. The van der Waals surface area contributed by atoms with Gasteiger partial charge in [-0.25, -0.2) is 0 Å². The molecule has 1 aromatic heterocycles. The van der Waals surface area contributed by atoms with Crippen LogP contribution in [0.25, 0.3) is 0 Å². The zero-order valence-electron chi connectivity index (χ0n) is 10.4. The van der Waals surface area contributed by atoms with E-state index in [-0.39, 0.29) is 5.91 Å². The molecule has 18 heavy (non-hydrogen) atoms. The number of H-pyrrole nitrogens is 1. The Balaban J connectivity index is 1.94. The molecule has 0 aliphatic heterocycles. The van der Waals surface area contributed by atoms with Crippen LogP contribution in [-0.2, 0) is 6.42 Å². The van der Waals surface area contributed by atoms with Gasteiger partial charge in [0.25, 0.3) is 5.91 Å². The minimum Gasteiger partial charge on any atom is -0.399 e.